The molecule has 1 saturated heterocycles. The van der Waals surface area contributed by atoms with Crippen molar-refractivity contribution in [3.05, 3.63) is 53.6 Å². The van der Waals surface area contributed by atoms with E-state index in [4.69, 9.17) is 16.9 Å². The number of hydrogen-bond acceptors (Lipinski definition) is 4. The molecule has 10 heteroatoms. The molecule has 0 aromatic heterocycles. The summed E-state index contributed by atoms with van der Waals surface area (Å²) in [4.78, 5) is 32.9. The van der Waals surface area contributed by atoms with Crippen LogP contribution in [0.25, 0.3) is 0 Å². The van der Waals surface area contributed by atoms with Crippen molar-refractivity contribution in [2.24, 2.45) is 4.99 Å². The average molecular weight is 468 g/mol. The van der Waals surface area contributed by atoms with Crippen LogP contribution in [0.15, 0.2) is 53.5 Å². The number of anilines is 3. The highest BCUT2D eigenvalue weighted by Crippen LogP contribution is 2.22. The molecule has 2 aromatic rings. The van der Waals surface area contributed by atoms with E-state index in [9.17, 15) is 9.59 Å². The maximum Gasteiger partial charge on any atom is 0.319 e. The summed E-state index contributed by atoms with van der Waals surface area (Å²) >= 11 is 5.86. The van der Waals surface area contributed by atoms with Crippen LogP contribution >= 0.6 is 11.6 Å². The number of halogens is 1. The second-order valence-corrected chi connectivity index (χ2v) is 8.00. The Morgan fingerprint density at radius 2 is 1.73 bits per heavy atom. The summed E-state index contributed by atoms with van der Waals surface area (Å²) in [5, 5.41) is 17.8. The summed E-state index contributed by atoms with van der Waals surface area (Å²) < 4.78 is 0. The molecule has 0 unspecified atom stereocenters. The van der Waals surface area contributed by atoms with Gasteiger partial charge in [0.2, 0.25) is 18.1 Å². The number of carbonyl (C=O) groups is 2. The minimum absolute atomic E-state index is 0.302. The van der Waals surface area contributed by atoms with Crippen LogP contribution in [-0.2, 0) is 4.79 Å². The fourth-order valence-corrected chi connectivity index (χ4v) is 3.59. The van der Waals surface area contributed by atoms with Gasteiger partial charge < -0.3 is 25.8 Å². The summed E-state index contributed by atoms with van der Waals surface area (Å²) in [7, 11) is 1.88. The monoisotopic (exact) mass is 467 g/mol. The van der Waals surface area contributed by atoms with Gasteiger partial charge in [0.15, 0.2) is 0 Å². The van der Waals surface area contributed by atoms with Crippen LogP contribution in [0.5, 0.6) is 0 Å². The van der Waals surface area contributed by atoms with E-state index >= 15 is 0 Å². The number of likely N-dealkylation sites (N-methyl/N-ethyl adjacent to an activating group) is 1. The van der Waals surface area contributed by atoms with Crippen molar-refractivity contribution < 1.29 is 9.59 Å². The van der Waals surface area contributed by atoms with Crippen LogP contribution in [0.4, 0.5) is 21.9 Å². The van der Waals surface area contributed by atoms with E-state index in [2.05, 4.69) is 20.9 Å². The van der Waals surface area contributed by atoms with Crippen LogP contribution in [-0.4, -0.2) is 49.0 Å². The fourth-order valence-electron chi connectivity index (χ4n) is 3.46. The van der Waals surface area contributed by atoms with Crippen molar-refractivity contribution in [2.45, 2.75) is 25.8 Å². The van der Waals surface area contributed by atoms with Gasteiger partial charge in [-0.05, 0) is 55.0 Å². The maximum atomic E-state index is 12.8. The molecule has 172 valence electrons. The molecule has 33 heavy (non-hydrogen) atoms. The molecule has 0 radical (unpaired) electrons. The number of nitrogens with zero attached hydrogens (tertiary/aromatic N) is 4. The Morgan fingerprint density at radius 1 is 1.09 bits per heavy atom. The summed E-state index contributed by atoms with van der Waals surface area (Å²) in [5.41, 5.74) is 2.06. The minimum atomic E-state index is -0.691. The van der Waals surface area contributed by atoms with Crippen molar-refractivity contribution in [3.8, 4) is 6.19 Å². The Morgan fingerprint density at radius 3 is 2.36 bits per heavy atom. The maximum absolute atomic E-state index is 12.8. The lowest BCUT2D eigenvalue weighted by molar-refractivity contribution is -0.118. The molecule has 0 saturated carbocycles. The zero-order valence-electron chi connectivity index (χ0n) is 18.5. The Balaban J connectivity index is 1.61. The number of nitrogens with one attached hydrogen (secondary N) is 3. The lowest BCUT2D eigenvalue weighted by atomic mass is 10.1. The molecule has 1 atom stereocenters. The number of benzene rings is 2. The van der Waals surface area contributed by atoms with Gasteiger partial charge in [-0.2, -0.15) is 5.26 Å². The summed E-state index contributed by atoms with van der Waals surface area (Å²) in [6.45, 7) is 3.43. The predicted molar refractivity (Wildman–Crippen MR) is 130 cm³/mol. The Bertz CT molecular complexity index is 1050. The molecule has 0 bridgehead atoms. The molecule has 0 aliphatic carbocycles. The highest BCUT2D eigenvalue weighted by Gasteiger charge is 2.25. The Hall–Kier alpha value is -3.77. The summed E-state index contributed by atoms with van der Waals surface area (Å²) in [5.74, 6) is 0.289. The lowest BCUT2D eigenvalue weighted by Gasteiger charge is -2.20. The zero-order valence-corrected chi connectivity index (χ0v) is 19.3. The van der Waals surface area contributed by atoms with E-state index in [1.807, 2.05) is 42.1 Å². The number of carbonyl (C=O) groups excluding carboxylic acids is 2. The highest BCUT2D eigenvalue weighted by molar-refractivity contribution is 6.30. The molecular formula is C23H26ClN7O2. The number of aliphatic imine (C=N–C) groups is 1. The largest absolute Gasteiger partial charge is 0.343 e. The minimum Gasteiger partial charge on any atom is -0.343 e. The van der Waals surface area contributed by atoms with E-state index in [1.165, 1.54) is 0 Å². The van der Waals surface area contributed by atoms with Gasteiger partial charge in [-0.3, -0.25) is 4.79 Å². The van der Waals surface area contributed by atoms with Crippen molar-refractivity contribution in [2.75, 3.05) is 35.7 Å². The standard InChI is InChI=1S/C23H26ClN7O2/c1-3-4-20(29-22(33)28-18-7-5-16(24)6-8-18)21(32)27-17-9-11-19(12-10-17)31-14-13-30(2)23(31)26-15-25/h5-12,20H,3-4,13-14H2,1-2H3,(H,27,32)(H2,28,29,33)/t20-/m1/s1. The molecular weight excluding hydrogens is 442 g/mol. The molecule has 3 rings (SSSR count). The zero-order chi connectivity index (χ0) is 23.8. The molecule has 1 fully saturated rings. The lowest BCUT2D eigenvalue weighted by Crippen LogP contribution is -2.45. The second kappa shape index (κ2) is 11.2. The van der Waals surface area contributed by atoms with Crippen LogP contribution < -0.4 is 20.9 Å². The molecule has 1 aliphatic heterocycles. The second-order valence-electron chi connectivity index (χ2n) is 7.57. The third kappa shape index (κ3) is 6.37. The molecule has 3 N–H and O–H groups in total. The third-order valence-corrected chi connectivity index (χ3v) is 5.39. The van der Waals surface area contributed by atoms with Gasteiger partial charge in [0.25, 0.3) is 0 Å². The topological polar surface area (TPSA) is 113 Å². The summed E-state index contributed by atoms with van der Waals surface area (Å²) in [6.07, 6.45) is 3.05. The van der Waals surface area contributed by atoms with Crippen LogP contribution in [0.2, 0.25) is 5.02 Å². The number of nitriles is 1. The van der Waals surface area contributed by atoms with Crippen LogP contribution in [0.1, 0.15) is 19.8 Å². The first-order chi connectivity index (χ1) is 15.9. The average Bonchev–Trinajstić information content (AvgIpc) is 3.16. The first kappa shape index (κ1) is 23.9. The van der Waals surface area contributed by atoms with Crippen molar-refractivity contribution in [1.29, 1.82) is 5.26 Å². The molecule has 1 aliphatic rings. The number of rotatable bonds is 7. The first-order valence-corrected chi connectivity index (χ1v) is 11.0. The molecule has 0 spiro atoms. The van der Waals surface area contributed by atoms with Gasteiger partial charge in [-0.25, -0.2) is 4.79 Å². The summed E-state index contributed by atoms with van der Waals surface area (Å²) in [6, 6.07) is 12.8. The van der Waals surface area contributed by atoms with E-state index in [0.29, 0.717) is 35.3 Å². The SMILES string of the molecule is CCC[C@@H](NC(=O)Nc1ccc(Cl)cc1)C(=O)Nc1ccc(N2CCN(C)C2=NC#N)cc1. The van der Waals surface area contributed by atoms with Gasteiger partial charge >= 0.3 is 6.03 Å². The normalized spacial score (nSPS) is 15.2. The van der Waals surface area contributed by atoms with Gasteiger partial charge in [0.05, 0.1) is 0 Å². The Labute approximate surface area is 198 Å². The van der Waals surface area contributed by atoms with Crippen molar-refractivity contribution in [1.82, 2.24) is 10.2 Å². The van der Waals surface area contributed by atoms with Gasteiger partial charge in [0, 0.05) is 42.2 Å². The highest BCUT2D eigenvalue weighted by atomic mass is 35.5. The molecule has 3 amide bonds. The predicted octanol–water partition coefficient (Wildman–Crippen LogP) is 3.86. The molecule has 9 nitrogen and oxygen atoms in total. The van der Waals surface area contributed by atoms with E-state index in [1.54, 1.807) is 36.4 Å². The smallest absolute Gasteiger partial charge is 0.319 e. The molecule has 1 heterocycles. The number of guanidine groups is 1. The van der Waals surface area contributed by atoms with E-state index < -0.39 is 12.1 Å². The third-order valence-electron chi connectivity index (χ3n) is 5.14. The van der Waals surface area contributed by atoms with Crippen molar-refractivity contribution in [3.63, 3.8) is 0 Å². The Kier molecular flexibility index (Phi) is 8.11. The van der Waals surface area contributed by atoms with Gasteiger partial charge in [-0.1, -0.05) is 24.9 Å². The van der Waals surface area contributed by atoms with E-state index in [0.717, 1.165) is 18.7 Å². The van der Waals surface area contributed by atoms with Crippen molar-refractivity contribution >= 4 is 46.6 Å². The van der Waals surface area contributed by atoms with Gasteiger partial charge in [-0.15, -0.1) is 4.99 Å². The number of hydrogen-bond donors (Lipinski definition) is 3. The first-order valence-electron chi connectivity index (χ1n) is 10.6. The van der Waals surface area contributed by atoms with E-state index in [-0.39, 0.29) is 5.91 Å². The number of urea groups is 1. The number of amides is 3. The quantitative estimate of drug-likeness (QED) is 0.535. The molecule has 2 aromatic carbocycles. The van der Waals surface area contributed by atoms with Gasteiger partial charge in [0.1, 0.15) is 6.04 Å². The fraction of sp³-hybridized carbons (Fsp3) is 0.304. The van der Waals surface area contributed by atoms with Crippen LogP contribution in [0, 0.1) is 11.5 Å². The van der Waals surface area contributed by atoms with Crippen LogP contribution in [0.3, 0.4) is 0 Å².